The number of nitrogens with two attached hydrogens (primary N) is 1. The summed E-state index contributed by atoms with van der Waals surface area (Å²) in [7, 11) is 1.91. The van der Waals surface area contributed by atoms with E-state index in [0.717, 1.165) is 23.5 Å². The van der Waals surface area contributed by atoms with Gasteiger partial charge in [-0.3, -0.25) is 4.79 Å². The number of carbonyl (C=O) groups excluding carboxylic acids is 1. The maximum Gasteiger partial charge on any atom is 0.227 e. The van der Waals surface area contributed by atoms with E-state index in [2.05, 4.69) is 0 Å². The second-order valence-electron chi connectivity index (χ2n) is 5.19. The van der Waals surface area contributed by atoms with Crippen LogP contribution in [0.15, 0.2) is 30.3 Å². The van der Waals surface area contributed by atoms with E-state index in [1.54, 1.807) is 0 Å². The molecule has 1 aromatic carbocycles. The minimum Gasteiger partial charge on any atom is -0.342 e. The molecule has 3 nitrogen and oxygen atoms in total. The molecule has 1 heterocycles. The SMILES string of the molecule is CC(C(=O)N(C)C1CCSC1)C(N)c1ccccc1. The second kappa shape index (κ2) is 6.44. The van der Waals surface area contributed by atoms with Crippen LogP contribution in [0.5, 0.6) is 0 Å². The highest BCUT2D eigenvalue weighted by molar-refractivity contribution is 7.99. The number of rotatable bonds is 4. The minimum atomic E-state index is -0.231. The first-order chi connectivity index (χ1) is 9.11. The summed E-state index contributed by atoms with van der Waals surface area (Å²) >= 11 is 1.92. The van der Waals surface area contributed by atoms with Gasteiger partial charge in [0.05, 0.1) is 5.92 Å². The monoisotopic (exact) mass is 278 g/mol. The Kier molecular flexibility index (Phi) is 4.88. The summed E-state index contributed by atoms with van der Waals surface area (Å²) in [5.74, 6) is 2.18. The molecule has 0 radical (unpaired) electrons. The van der Waals surface area contributed by atoms with Crippen molar-refractivity contribution in [3.8, 4) is 0 Å². The van der Waals surface area contributed by atoms with Crippen LogP contribution in [0.25, 0.3) is 0 Å². The van der Waals surface area contributed by atoms with Gasteiger partial charge in [0.25, 0.3) is 0 Å². The quantitative estimate of drug-likeness (QED) is 0.919. The molecule has 2 N–H and O–H groups in total. The summed E-state index contributed by atoms with van der Waals surface area (Å²) in [6.07, 6.45) is 1.10. The summed E-state index contributed by atoms with van der Waals surface area (Å²) < 4.78 is 0. The van der Waals surface area contributed by atoms with Crippen LogP contribution >= 0.6 is 11.8 Å². The van der Waals surface area contributed by atoms with Crippen molar-refractivity contribution in [2.75, 3.05) is 18.6 Å². The Bertz CT molecular complexity index is 417. The summed E-state index contributed by atoms with van der Waals surface area (Å²) in [5.41, 5.74) is 7.25. The molecule has 2 rings (SSSR count). The van der Waals surface area contributed by atoms with E-state index in [0.29, 0.717) is 6.04 Å². The molecule has 1 aliphatic heterocycles. The molecule has 0 saturated carbocycles. The average Bonchev–Trinajstić information content (AvgIpc) is 2.99. The number of nitrogens with zero attached hydrogens (tertiary/aromatic N) is 1. The highest BCUT2D eigenvalue weighted by Crippen LogP contribution is 2.25. The molecule has 0 bridgehead atoms. The van der Waals surface area contributed by atoms with Crippen LogP contribution in [0.1, 0.15) is 24.9 Å². The van der Waals surface area contributed by atoms with Crippen LogP contribution in [0, 0.1) is 5.92 Å². The first-order valence-electron chi connectivity index (χ1n) is 6.76. The van der Waals surface area contributed by atoms with Crippen LogP contribution in [0.2, 0.25) is 0 Å². The number of thioether (sulfide) groups is 1. The maximum absolute atomic E-state index is 12.5. The normalized spacial score (nSPS) is 21.9. The molecular weight excluding hydrogens is 256 g/mol. The molecule has 1 fully saturated rings. The molecule has 19 heavy (non-hydrogen) atoms. The topological polar surface area (TPSA) is 46.3 Å². The lowest BCUT2D eigenvalue weighted by atomic mass is 9.94. The standard InChI is InChI=1S/C15H22N2OS/c1-11(14(16)12-6-4-3-5-7-12)15(18)17(2)13-8-9-19-10-13/h3-7,11,13-14H,8-10,16H2,1-2H3. The Labute approximate surface area is 119 Å². The van der Waals surface area contributed by atoms with Gasteiger partial charge in [-0.2, -0.15) is 11.8 Å². The van der Waals surface area contributed by atoms with Gasteiger partial charge in [-0.15, -0.1) is 0 Å². The van der Waals surface area contributed by atoms with Gasteiger partial charge in [0.15, 0.2) is 0 Å². The highest BCUT2D eigenvalue weighted by Gasteiger charge is 2.30. The highest BCUT2D eigenvalue weighted by atomic mass is 32.2. The van der Waals surface area contributed by atoms with Gasteiger partial charge < -0.3 is 10.6 Å². The number of amides is 1. The molecule has 104 valence electrons. The molecule has 1 amide bonds. The lowest BCUT2D eigenvalue weighted by Crippen LogP contribution is -2.42. The number of hydrogen-bond acceptors (Lipinski definition) is 3. The van der Waals surface area contributed by atoms with Crippen LogP contribution in [0.4, 0.5) is 0 Å². The van der Waals surface area contributed by atoms with E-state index in [1.165, 1.54) is 0 Å². The number of carbonyl (C=O) groups is 1. The molecule has 0 aliphatic carbocycles. The van der Waals surface area contributed by atoms with Gasteiger partial charge in [-0.05, 0) is 17.7 Å². The molecule has 0 spiro atoms. The van der Waals surface area contributed by atoms with Crippen molar-refractivity contribution in [3.63, 3.8) is 0 Å². The molecule has 3 atom stereocenters. The van der Waals surface area contributed by atoms with Crippen molar-refractivity contribution in [2.24, 2.45) is 11.7 Å². The van der Waals surface area contributed by atoms with E-state index in [-0.39, 0.29) is 17.9 Å². The smallest absolute Gasteiger partial charge is 0.227 e. The zero-order chi connectivity index (χ0) is 13.8. The van der Waals surface area contributed by atoms with E-state index in [9.17, 15) is 4.79 Å². The fraction of sp³-hybridized carbons (Fsp3) is 0.533. The van der Waals surface area contributed by atoms with Crippen molar-refractivity contribution >= 4 is 17.7 Å². The predicted octanol–water partition coefficient (Wildman–Crippen LogP) is 2.29. The van der Waals surface area contributed by atoms with Gasteiger partial charge in [0, 0.05) is 24.9 Å². The summed E-state index contributed by atoms with van der Waals surface area (Å²) in [6, 6.07) is 10.0. The summed E-state index contributed by atoms with van der Waals surface area (Å²) in [5, 5.41) is 0. The Morgan fingerprint density at radius 2 is 2.11 bits per heavy atom. The van der Waals surface area contributed by atoms with Crippen LogP contribution < -0.4 is 5.73 Å². The van der Waals surface area contributed by atoms with Gasteiger partial charge >= 0.3 is 0 Å². The zero-order valence-electron chi connectivity index (χ0n) is 11.6. The third-order valence-electron chi connectivity index (χ3n) is 3.91. The fourth-order valence-corrected chi connectivity index (χ4v) is 3.71. The van der Waals surface area contributed by atoms with Crippen molar-refractivity contribution in [1.82, 2.24) is 4.90 Å². The van der Waals surface area contributed by atoms with Crippen LogP contribution in [-0.4, -0.2) is 35.4 Å². The average molecular weight is 278 g/mol. The van der Waals surface area contributed by atoms with Crippen LogP contribution in [0.3, 0.4) is 0 Å². The predicted molar refractivity (Wildman–Crippen MR) is 81.0 cm³/mol. The van der Waals surface area contributed by atoms with Crippen molar-refractivity contribution < 1.29 is 4.79 Å². The molecular formula is C15H22N2OS. The molecule has 4 heteroatoms. The lowest BCUT2D eigenvalue weighted by Gasteiger charge is -2.29. The van der Waals surface area contributed by atoms with E-state index >= 15 is 0 Å². The van der Waals surface area contributed by atoms with E-state index in [1.807, 2.05) is 61.0 Å². The van der Waals surface area contributed by atoms with Gasteiger partial charge in [0.2, 0.25) is 5.91 Å². The first-order valence-corrected chi connectivity index (χ1v) is 7.91. The van der Waals surface area contributed by atoms with E-state index in [4.69, 9.17) is 5.73 Å². The minimum absolute atomic E-state index is 0.156. The number of hydrogen-bond donors (Lipinski definition) is 1. The van der Waals surface area contributed by atoms with Crippen molar-refractivity contribution in [1.29, 1.82) is 0 Å². The molecule has 1 aromatic rings. The zero-order valence-corrected chi connectivity index (χ0v) is 12.4. The molecule has 0 aromatic heterocycles. The second-order valence-corrected chi connectivity index (χ2v) is 6.34. The Morgan fingerprint density at radius 1 is 1.42 bits per heavy atom. The Morgan fingerprint density at radius 3 is 2.68 bits per heavy atom. The van der Waals surface area contributed by atoms with Crippen molar-refractivity contribution in [2.45, 2.75) is 25.4 Å². The summed E-state index contributed by atoms with van der Waals surface area (Å²) in [6.45, 7) is 1.93. The molecule has 1 saturated heterocycles. The largest absolute Gasteiger partial charge is 0.342 e. The van der Waals surface area contributed by atoms with Gasteiger partial charge in [-0.1, -0.05) is 37.3 Å². The van der Waals surface area contributed by atoms with Gasteiger partial charge in [0.1, 0.15) is 0 Å². The molecule has 3 unspecified atom stereocenters. The number of benzene rings is 1. The first kappa shape index (κ1) is 14.4. The van der Waals surface area contributed by atoms with Crippen LogP contribution in [-0.2, 0) is 4.79 Å². The van der Waals surface area contributed by atoms with E-state index < -0.39 is 0 Å². The fourth-order valence-electron chi connectivity index (χ4n) is 2.45. The summed E-state index contributed by atoms with van der Waals surface area (Å²) in [4.78, 5) is 14.4. The lowest BCUT2D eigenvalue weighted by molar-refractivity contribution is -0.136. The third kappa shape index (κ3) is 3.31. The molecule has 1 aliphatic rings. The third-order valence-corrected chi connectivity index (χ3v) is 5.06. The Balaban J connectivity index is 2.02. The Hall–Kier alpha value is -1.00. The van der Waals surface area contributed by atoms with Crippen molar-refractivity contribution in [3.05, 3.63) is 35.9 Å². The van der Waals surface area contributed by atoms with Gasteiger partial charge in [-0.25, -0.2) is 0 Å². The maximum atomic E-state index is 12.5.